The maximum absolute atomic E-state index is 13.0. The zero-order valence-electron chi connectivity index (χ0n) is 15.6. The lowest BCUT2D eigenvalue weighted by Gasteiger charge is -2.31. The summed E-state index contributed by atoms with van der Waals surface area (Å²) in [4.78, 5) is 13.0. The SMILES string of the molecule is Cc1ccc(NC(=O)[C@H]2C[C@H](c3ccc(Cl)c(Cl)c3)[C@@H](C)C2(C)C)cc1. The number of benzene rings is 2. The molecule has 26 heavy (non-hydrogen) atoms. The molecule has 0 unspecified atom stereocenters. The predicted octanol–water partition coefficient (Wildman–Crippen LogP) is 6.71. The highest BCUT2D eigenvalue weighted by Gasteiger charge is 2.50. The summed E-state index contributed by atoms with van der Waals surface area (Å²) < 4.78 is 0. The normalized spacial score (nSPS) is 24.5. The second kappa shape index (κ2) is 7.25. The number of carbonyl (C=O) groups is 1. The van der Waals surface area contributed by atoms with Crippen LogP contribution in [0, 0.1) is 24.2 Å². The standard InChI is InChI=1S/C22H25Cl2NO/c1-13-5-8-16(9-6-13)25-21(26)18-12-17(14(2)22(18,3)4)15-7-10-19(23)20(24)11-15/h5-11,14,17-18H,12H2,1-4H3,(H,25,26)/t14-,17+,18-/m1/s1. The Kier molecular flexibility index (Phi) is 5.37. The van der Waals surface area contributed by atoms with Crippen LogP contribution in [-0.2, 0) is 4.79 Å². The number of rotatable bonds is 3. The van der Waals surface area contributed by atoms with Crippen molar-refractivity contribution in [2.45, 2.75) is 40.0 Å². The lowest BCUT2D eigenvalue weighted by molar-refractivity contribution is -0.122. The van der Waals surface area contributed by atoms with Crippen LogP contribution >= 0.6 is 23.2 Å². The molecule has 1 amide bonds. The molecule has 3 atom stereocenters. The van der Waals surface area contributed by atoms with E-state index in [1.54, 1.807) is 0 Å². The summed E-state index contributed by atoms with van der Waals surface area (Å²) in [6, 6.07) is 13.8. The molecule has 2 aromatic carbocycles. The molecule has 0 radical (unpaired) electrons. The van der Waals surface area contributed by atoms with E-state index in [4.69, 9.17) is 23.2 Å². The number of amides is 1. The zero-order chi connectivity index (χ0) is 19.1. The molecule has 2 aromatic rings. The van der Waals surface area contributed by atoms with Crippen LogP contribution in [0.2, 0.25) is 10.0 Å². The van der Waals surface area contributed by atoms with E-state index in [-0.39, 0.29) is 23.2 Å². The molecule has 0 spiro atoms. The Morgan fingerprint density at radius 2 is 1.73 bits per heavy atom. The monoisotopic (exact) mass is 389 g/mol. The van der Waals surface area contributed by atoms with Gasteiger partial charge in [0.15, 0.2) is 0 Å². The Labute approximate surface area is 165 Å². The minimum absolute atomic E-state index is 0.0572. The molecule has 0 aromatic heterocycles. The van der Waals surface area contributed by atoms with E-state index in [2.05, 4.69) is 26.1 Å². The van der Waals surface area contributed by atoms with Gasteiger partial charge in [-0.05, 0) is 60.4 Å². The van der Waals surface area contributed by atoms with Gasteiger partial charge in [0.1, 0.15) is 0 Å². The smallest absolute Gasteiger partial charge is 0.228 e. The van der Waals surface area contributed by atoms with Gasteiger partial charge >= 0.3 is 0 Å². The van der Waals surface area contributed by atoms with Gasteiger partial charge in [-0.25, -0.2) is 0 Å². The van der Waals surface area contributed by atoms with Crippen molar-refractivity contribution in [1.82, 2.24) is 0 Å². The molecule has 4 heteroatoms. The molecule has 1 aliphatic rings. The number of anilines is 1. The summed E-state index contributed by atoms with van der Waals surface area (Å²) >= 11 is 12.3. The van der Waals surface area contributed by atoms with Gasteiger partial charge in [0.05, 0.1) is 10.0 Å². The molecule has 0 heterocycles. The summed E-state index contributed by atoms with van der Waals surface area (Å²) in [5.74, 6) is 0.675. The average Bonchev–Trinajstić information content (AvgIpc) is 2.83. The molecular formula is C22H25Cl2NO. The first kappa shape index (κ1) is 19.3. The summed E-state index contributed by atoms with van der Waals surface area (Å²) in [6.45, 7) is 8.64. The third-order valence-electron chi connectivity index (χ3n) is 6.17. The number of hydrogen-bond acceptors (Lipinski definition) is 1. The third kappa shape index (κ3) is 3.63. The zero-order valence-corrected chi connectivity index (χ0v) is 17.2. The van der Waals surface area contributed by atoms with Crippen LogP contribution in [0.1, 0.15) is 44.2 Å². The number of carbonyl (C=O) groups excluding carboxylic acids is 1. The average molecular weight is 390 g/mol. The van der Waals surface area contributed by atoms with E-state index in [0.29, 0.717) is 16.0 Å². The maximum atomic E-state index is 13.0. The van der Waals surface area contributed by atoms with Gasteiger partial charge in [-0.2, -0.15) is 0 Å². The van der Waals surface area contributed by atoms with Crippen molar-refractivity contribution < 1.29 is 4.79 Å². The number of halogens is 2. The fourth-order valence-corrected chi connectivity index (χ4v) is 4.38. The van der Waals surface area contributed by atoms with Crippen molar-refractivity contribution in [3.05, 3.63) is 63.6 Å². The number of hydrogen-bond donors (Lipinski definition) is 1. The van der Waals surface area contributed by atoms with Crippen molar-refractivity contribution in [2.75, 3.05) is 5.32 Å². The van der Waals surface area contributed by atoms with Crippen LogP contribution in [0.25, 0.3) is 0 Å². The van der Waals surface area contributed by atoms with Crippen LogP contribution in [0.3, 0.4) is 0 Å². The van der Waals surface area contributed by atoms with Gasteiger partial charge in [0, 0.05) is 11.6 Å². The van der Waals surface area contributed by atoms with Crippen LogP contribution in [0.5, 0.6) is 0 Å². The Morgan fingerprint density at radius 1 is 1.08 bits per heavy atom. The van der Waals surface area contributed by atoms with E-state index < -0.39 is 0 Å². The molecule has 138 valence electrons. The second-order valence-corrected chi connectivity index (χ2v) is 8.85. The van der Waals surface area contributed by atoms with Crippen LogP contribution in [-0.4, -0.2) is 5.91 Å². The summed E-state index contributed by atoms with van der Waals surface area (Å²) in [5, 5.41) is 4.23. The summed E-state index contributed by atoms with van der Waals surface area (Å²) in [5.41, 5.74) is 3.08. The van der Waals surface area contributed by atoms with E-state index in [0.717, 1.165) is 17.7 Å². The summed E-state index contributed by atoms with van der Waals surface area (Å²) in [7, 11) is 0. The predicted molar refractivity (Wildman–Crippen MR) is 110 cm³/mol. The van der Waals surface area contributed by atoms with Crippen molar-refractivity contribution in [3.63, 3.8) is 0 Å². The maximum Gasteiger partial charge on any atom is 0.228 e. The molecule has 3 rings (SSSR count). The largest absolute Gasteiger partial charge is 0.326 e. The fourth-order valence-electron chi connectivity index (χ4n) is 4.08. The molecule has 1 saturated carbocycles. The van der Waals surface area contributed by atoms with Gasteiger partial charge in [0.2, 0.25) is 5.91 Å². The highest BCUT2D eigenvalue weighted by molar-refractivity contribution is 6.42. The topological polar surface area (TPSA) is 29.1 Å². The van der Waals surface area contributed by atoms with Gasteiger partial charge in [-0.15, -0.1) is 0 Å². The van der Waals surface area contributed by atoms with Crippen LogP contribution in [0.4, 0.5) is 5.69 Å². The first-order valence-electron chi connectivity index (χ1n) is 9.02. The fraction of sp³-hybridized carbons (Fsp3) is 0.409. The van der Waals surface area contributed by atoms with E-state index >= 15 is 0 Å². The van der Waals surface area contributed by atoms with Crippen molar-refractivity contribution in [1.29, 1.82) is 0 Å². The Balaban J connectivity index is 1.82. The van der Waals surface area contributed by atoms with Gasteiger partial charge in [0.25, 0.3) is 0 Å². The number of aryl methyl sites for hydroxylation is 1. The van der Waals surface area contributed by atoms with Crippen molar-refractivity contribution in [3.8, 4) is 0 Å². The highest BCUT2D eigenvalue weighted by atomic mass is 35.5. The first-order valence-corrected chi connectivity index (χ1v) is 9.78. The van der Waals surface area contributed by atoms with Crippen LogP contribution < -0.4 is 5.32 Å². The third-order valence-corrected chi connectivity index (χ3v) is 6.91. The first-order chi connectivity index (χ1) is 12.2. The van der Waals surface area contributed by atoms with Gasteiger partial charge in [-0.3, -0.25) is 4.79 Å². The molecule has 0 bridgehead atoms. The Morgan fingerprint density at radius 3 is 2.35 bits per heavy atom. The Hall–Kier alpha value is -1.51. The van der Waals surface area contributed by atoms with Crippen LogP contribution in [0.15, 0.2) is 42.5 Å². The van der Waals surface area contributed by atoms with Crippen molar-refractivity contribution >= 4 is 34.8 Å². The van der Waals surface area contributed by atoms with Gasteiger partial charge < -0.3 is 5.32 Å². The van der Waals surface area contributed by atoms with Gasteiger partial charge in [-0.1, -0.05) is 67.7 Å². The van der Waals surface area contributed by atoms with Crippen molar-refractivity contribution in [2.24, 2.45) is 17.3 Å². The molecule has 0 aliphatic heterocycles. The molecule has 1 fully saturated rings. The van der Waals surface area contributed by atoms with E-state index in [1.807, 2.05) is 49.4 Å². The lowest BCUT2D eigenvalue weighted by atomic mass is 9.74. The van der Waals surface area contributed by atoms with E-state index in [1.165, 1.54) is 5.56 Å². The molecule has 0 saturated heterocycles. The highest BCUT2D eigenvalue weighted by Crippen LogP contribution is 2.55. The molecule has 2 nitrogen and oxygen atoms in total. The minimum Gasteiger partial charge on any atom is -0.326 e. The number of nitrogens with one attached hydrogen (secondary N) is 1. The molecule has 1 aliphatic carbocycles. The summed E-state index contributed by atoms with van der Waals surface area (Å²) in [6.07, 6.45) is 0.809. The second-order valence-electron chi connectivity index (χ2n) is 8.03. The quantitative estimate of drug-likeness (QED) is 0.620. The Bertz CT molecular complexity index is 813. The van der Waals surface area contributed by atoms with E-state index in [9.17, 15) is 4.79 Å². The molecular weight excluding hydrogens is 365 g/mol. The molecule has 1 N–H and O–H groups in total. The minimum atomic E-state index is -0.106. The lowest BCUT2D eigenvalue weighted by Crippen LogP contribution is -2.33.